The fourth-order valence-corrected chi connectivity index (χ4v) is 3.98. The number of ether oxygens (including phenoxy) is 2. The largest absolute Gasteiger partial charge is 0.496 e. The van der Waals surface area contributed by atoms with E-state index in [-0.39, 0.29) is 10.9 Å². The van der Waals surface area contributed by atoms with E-state index in [1.165, 1.54) is 18.2 Å². The molecule has 0 fully saturated rings. The summed E-state index contributed by atoms with van der Waals surface area (Å²) in [5.41, 5.74) is 1.11. The molecule has 1 aliphatic rings. The number of nitrogens with zero attached hydrogens (tertiary/aromatic N) is 1. The van der Waals surface area contributed by atoms with E-state index in [9.17, 15) is 12.8 Å². The summed E-state index contributed by atoms with van der Waals surface area (Å²) in [7, 11) is 1.54. The molecule has 1 atom stereocenters. The molecule has 0 radical (unpaired) electrons. The summed E-state index contributed by atoms with van der Waals surface area (Å²) >= 11 is 0. The fourth-order valence-electron chi connectivity index (χ4n) is 2.88. The molecule has 140 valence electrons. The fraction of sp³-hybridized carbons (Fsp3) is 0.333. The number of anilines is 1. The van der Waals surface area contributed by atoms with E-state index in [0.717, 1.165) is 11.6 Å². The van der Waals surface area contributed by atoms with Gasteiger partial charge < -0.3 is 14.4 Å². The lowest BCUT2D eigenvalue weighted by molar-refractivity contribution is 0.164. The molecule has 0 spiro atoms. The SMILES string of the molecule is COc1ccc(NS(=O)(=O)c2cccc(F)c2)c2c1C[C@@H](N(C)C)CO2. The summed E-state index contributed by atoms with van der Waals surface area (Å²) in [6, 6.07) is 8.30. The van der Waals surface area contributed by atoms with Crippen molar-refractivity contribution in [3.8, 4) is 11.5 Å². The Labute approximate surface area is 152 Å². The number of likely N-dealkylation sites (N-methyl/N-ethyl adjacent to an activating group) is 1. The van der Waals surface area contributed by atoms with Crippen LogP contribution < -0.4 is 14.2 Å². The molecule has 0 aromatic heterocycles. The maximum absolute atomic E-state index is 13.4. The van der Waals surface area contributed by atoms with Crippen LogP contribution in [0.25, 0.3) is 0 Å². The van der Waals surface area contributed by atoms with Crippen LogP contribution in [-0.2, 0) is 16.4 Å². The van der Waals surface area contributed by atoms with Crippen molar-refractivity contribution in [2.45, 2.75) is 17.4 Å². The molecule has 0 aliphatic carbocycles. The zero-order valence-electron chi connectivity index (χ0n) is 14.8. The maximum atomic E-state index is 13.4. The summed E-state index contributed by atoms with van der Waals surface area (Å²) in [5, 5.41) is 0. The van der Waals surface area contributed by atoms with Crippen LogP contribution in [0.15, 0.2) is 41.3 Å². The van der Waals surface area contributed by atoms with Crippen LogP contribution >= 0.6 is 0 Å². The molecule has 1 aliphatic heterocycles. The molecule has 2 aromatic carbocycles. The molecule has 2 aromatic rings. The van der Waals surface area contributed by atoms with Crippen LogP contribution in [0, 0.1) is 5.82 Å². The van der Waals surface area contributed by atoms with Crippen LogP contribution in [0.3, 0.4) is 0 Å². The highest BCUT2D eigenvalue weighted by Crippen LogP contribution is 2.40. The molecule has 3 rings (SSSR count). The Morgan fingerprint density at radius 2 is 2.04 bits per heavy atom. The number of methoxy groups -OCH3 is 1. The number of nitrogens with one attached hydrogen (secondary N) is 1. The van der Waals surface area contributed by atoms with Gasteiger partial charge >= 0.3 is 0 Å². The first-order valence-corrected chi connectivity index (χ1v) is 9.57. The van der Waals surface area contributed by atoms with Crippen molar-refractivity contribution >= 4 is 15.7 Å². The summed E-state index contributed by atoms with van der Waals surface area (Å²) in [6.45, 7) is 0.432. The molecule has 1 N–H and O–H groups in total. The van der Waals surface area contributed by atoms with Gasteiger partial charge in [0.1, 0.15) is 23.9 Å². The Kier molecular flexibility index (Phi) is 5.06. The molecule has 0 bridgehead atoms. The molecule has 6 nitrogen and oxygen atoms in total. The number of hydrogen-bond donors (Lipinski definition) is 1. The van der Waals surface area contributed by atoms with Gasteiger partial charge in [-0.1, -0.05) is 6.07 Å². The van der Waals surface area contributed by atoms with Crippen LogP contribution in [0.4, 0.5) is 10.1 Å². The van der Waals surface area contributed by atoms with Gasteiger partial charge in [-0.2, -0.15) is 0 Å². The van der Waals surface area contributed by atoms with Gasteiger partial charge in [0.2, 0.25) is 0 Å². The summed E-state index contributed by atoms with van der Waals surface area (Å²) in [5.74, 6) is 0.470. The first kappa shape index (κ1) is 18.5. The number of hydrogen-bond acceptors (Lipinski definition) is 5. The number of benzene rings is 2. The van der Waals surface area contributed by atoms with Crippen molar-refractivity contribution in [1.29, 1.82) is 0 Å². The molecular weight excluding hydrogens is 359 g/mol. The average molecular weight is 380 g/mol. The second-order valence-electron chi connectivity index (χ2n) is 6.32. The van der Waals surface area contributed by atoms with Gasteiger partial charge in [-0.15, -0.1) is 0 Å². The molecule has 1 heterocycles. The van der Waals surface area contributed by atoms with Crippen LogP contribution in [0.1, 0.15) is 5.56 Å². The topological polar surface area (TPSA) is 67.9 Å². The Bertz CT molecular complexity index is 915. The third-order valence-corrected chi connectivity index (χ3v) is 5.74. The van der Waals surface area contributed by atoms with Crippen LogP contribution in [-0.4, -0.2) is 47.2 Å². The maximum Gasteiger partial charge on any atom is 0.262 e. The van der Waals surface area contributed by atoms with Crippen molar-refractivity contribution in [3.05, 3.63) is 47.8 Å². The van der Waals surface area contributed by atoms with E-state index in [1.54, 1.807) is 19.2 Å². The molecule has 0 saturated heterocycles. The molecular formula is C18H21FN2O4S. The van der Waals surface area contributed by atoms with Gasteiger partial charge in [0.15, 0.2) is 0 Å². The van der Waals surface area contributed by atoms with Gasteiger partial charge in [-0.3, -0.25) is 4.72 Å². The second kappa shape index (κ2) is 7.13. The Hall–Kier alpha value is -2.32. The lowest BCUT2D eigenvalue weighted by Crippen LogP contribution is -2.38. The standard InChI is InChI=1S/C18H21FN2O4S/c1-21(2)13-10-15-17(24-3)8-7-16(18(15)25-11-13)20-26(22,23)14-6-4-5-12(19)9-14/h4-9,13,20H,10-11H2,1-3H3/t13-/m1/s1. The minimum absolute atomic E-state index is 0.149. The highest BCUT2D eigenvalue weighted by molar-refractivity contribution is 7.92. The first-order valence-electron chi connectivity index (χ1n) is 8.09. The predicted molar refractivity (Wildman–Crippen MR) is 96.9 cm³/mol. The lowest BCUT2D eigenvalue weighted by atomic mass is 10.00. The van der Waals surface area contributed by atoms with Crippen molar-refractivity contribution < 1.29 is 22.3 Å². The van der Waals surface area contributed by atoms with E-state index >= 15 is 0 Å². The van der Waals surface area contributed by atoms with Gasteiger partial charge in [0, 0.05) is 11.6 Å². The van der Waals surface area contributed by atoms with E-state index in [4.69, 9.17) is 9.47 Å². The quantitative estimate of drug-likeness (QED) is 0.863. The third kappa shape index (κ3) is 3.61. The van der Waals surface area contributed by atoms with E-state index in [1.807, 2.05) is 19.0 Å². The Balaban J connectivity index is 1.98. The van der Waals surface area contributed by atoms with Crippen molar-refractivity contribution in [1.82, 2.24) is 4.90 Å². The van der Waals surface area contributed by atoms with Gasteiger partial charge in [0.25, 0.3) is 10.0 Å². The van der Waals surface area contributed by atoms with Crippen LogP contribution in [0.2, 0.25) is 0 Å². The molecule has 0 amide bonds. The van der Waals surface area contributed by atoms with Gasteiger partial charge in [-0.25, -0.2) is 12.8 Å². The van der Waals surface area contributed by atoms with Crippen molar-refractivity contribution in [3.63, 3.8) is 0 Å². The molecule has 0 saturated carbocycles. The second-order valence-corrected chi connectivity index (χ2v) is 8.00. The van der Waals surface area contributed by atoms with Crippen LogP contribution in [0.5, 0.6) is 11.5 Å². The average Bonchev–Trinajstić information content (AvgIpc) is 2.61. The summed E-state index contributed by atoms with van der Waals surface area (Å²) in [4.78, 5) is 1.90. The number of sulfonamides is 1. The lowest BCUT2D eigenvalue weighted by Gasteiger charge is -2.32. The third-order valence-electron chi connectivity index (χ3n) is 4.38. The number of halogens is 1. The predicted octanol–water partition coefficient (Wildman–Crippen LogP) is 2.50. The molecule has 8 heteroatoms. The van der Waals surface area contributed by atoms with Gasteiger partial charge in [0.05, 0.1) is 17.7 Å². The number of rotatable bonds is 5. The minimum Gasteiger partial charge on any atom is -0.496 e. The summed E-state index contributed by atoms with van der Waals surface area (Å²) in [6.07, 6.45) is 0.668. The Morgan fingerprint density at radius 3 is 2.69 bits per heavy atom. The first-order chi connectivity index (χ1) is 12.3. The van der Waals surface area contributed by atoms with E-state index in [0.29, 0.717) is 30.2 Å². The normalized spacial score (nSPS) is 16.7. The van der Waals surface area contributed by atoms with E-state index in [2.05, 4.69) is 4.72 Å². The van der Waals surface area contributed by atoms with Crippen molar-refractivity contribution in [2.75, 3.05) is 32.5 Å². The minimum atomic E-state index is -3.94. The molecule has 0 unspecified atom stereocenters. The zero-order valence-corrected chi connectivity index (χ0v) is 15.6. The van der Waals surface area contributed by atoms with E-state index < -0.39 is 15.8 Å². The highest BCUT2D eigenvalue weighted by Gasteiger charge is 2.28. The zero-order chi connectivity index (χ0) is 18.9. The smallest absolute Gasteiger partial charge is 0.262 e. The molecule has 26 heavy (non-hydrogen) atoms. The number of fused-ring (bicyclic) bond motifs is 1. The monoisotopic (exact) mass is 380 g/mol. The van der Waals surface area contributed by atoms with Gasteiger partial charge in [-0.05, 0) is 50.8 Å². The highest BCUT2D eigenvalue weighted by atomic mass is 32.2. The van der Waals surface area contributed by atoms with Crippen molar-refractivity contribution in [2.24, 2.45) is 0 Å². The summed E-state index contributed by atoms with van der Waals surface area (Å²) < 4.78 is 52.3. The Morgan fingerprint density at radius 1 is 1.27 bits per heavy atom.